The van der Waals surface area contributed by atoms with Crippen molar-refractivity contribution in [3.63, 3.8) is 0 Å². The zero-order chi connectivity index (χ0) is 19.3. The molecule has 6 nitrogen and oxygen atoms in total. The minimum Gasteiger partial charge on any atom is -0.324 e. The lowest BCUT2D eigenvalue weighted by atomic mass is 10.1. The van der Waals surface area contributed by atoms with Gasteiger partial charge in [-0.3, -0.25) is 9.58 Å². The lowest BCUT2D eigenvalue weighted by molar-refractivity contribution is 0.212. The van der Waals surface area contributed by atoms with Gasteiger partial charge in [0.2, 0.25) is 0 Å². The molecule has 0 amide bonds. The molecule has 7 heteroatoms. The summed E-state index contributed by atoms with van der Waals surface area (Å²) in [4.78, 5) is 12.0. The summed E-state index contributed by atoms with van der Waals surface area (Å²) in [6.07, 6.45) is 0. The monoisotopic (exact) mass is 384 g/mol. The van der Waals surface area contributed by atoms with Crippen molar-refractivity contribution in [2.75, 3.05) is 6.54 Å². The number of aryl methyl sites for hydroxylation is 3. The molecule has 4 heterocycles. The summed E-state index contributed by atoms with van der Waals surface area (Å²) in [6.45, 7) is 16.7. The van der Waals surface area contributed by atoms with Crippen LogP contribution in [0.25, 0.3) is 11.5 Å². The average molecular weight is 385 g/mol. The van der Waals surface area contributed by atoms with Gasteiger partial charge in [-0.15, -0.1) is 11.3 Å². The van der Waals surface area contributed by atoms with E-state index in [9.17, 15) is 0 Å². The molecule has 1 aliphatic rings. The van der Waals surface area contributed by atoms with E-state index in [1.165, 1.54) is 17.0 Å². The Kier molecular flexibility index (Phi) is 4.68. The van der Waals surface area contributed by atoms with Gasteiger partial charge >= 0.3 is 0 Å². The molecule has 1 aliphatic heterocycles. The maximum Gasteiger partial charge on any atom is 0.160 e. The molecule has 4 rings (SSSR count). The van der Waals surface area contributed by atoms with E-state index in [1.807, 2.05) is 6.92 Å². The first kappa shape index (κ1) is 18.4. The number of fused-ring (bicyclic) bond motifs is 1. The number of imidazole rings is 1. The Morgan fingerprint density at radius 1 is 1.07 bits per heavy atom. The molecule has 27 heavy (non-hydrogen) atoms. The molecule has 0 saturated carbocycles. The molecule has 3 aromatic rings. The Balaban J connectivity index is 1.59. The molecule has 0 unspecified atom stereocenters. The standard InChI is InChI=1S/C20H28N6S/c1-12(2)26-15(5)17(13(3)23-26)9-24-7-8-25-19(10-24)14(4)21-20(25)18-11-27-16(6)22-18/h11-12H,7-10H2,1-6H3. The SMILES string of the molecule is Cc1nc(-c2nc(C)c3n2CCN(Cc2c(C)nn(C(C)C)c2C)C3)cs1. The summed E-state index contributed by atoms with van der Waals surface area (Å²) in [7, 11) is 0. The van der Waals surface area contributed by atoms with E-state index in [1.54, 1.807) is 11.3 Å². The third-order valence-corrected chi connectivity index (χ3v) is 6.25. The highest BCUT2D eigenvalue weighted by molar-refractivity contribution is 7.09. The molecule has 0 atom stereocenters. The van der Waals surface area contributed by atoms with E-state index in [-0.39, 0.29) is 0 Å². The second-order valence-electron chi connectivity index (χ2n) is 7.77. The number of nitrogens with zero attached hydrogens (tertiary/aromatic N) is 6. The molecule has 144 valence electrons. The van der Waals surface area contributed by atoms with Crippen molar-refractivity contribution >= 4 is 11.3 Å². The van der Waals surface area contributed by atoms with Crippen molar-refractivity contribution in [2.45, 2.75) is 67.2 Å². The predicted molar refractivity (Wildman–Crippen MR) is 109 cm³/mol. The van der Waals surface area contributed by atoms with Crippen LogP contribution in [0.3, 0.4) is 0 Å². The van der Waals surface area contributed by atoms with Crippen LogP contribution in [0.1, 0.15) is 53.2 Å². The van der Waals surface area contributed by atoms with E-state index >= 15 is 0 Å². The summed E-state index contributed by atoms with van der Waals surface area (Å²) >= 11 is 1.69. The number of aromatic nitrogens is 5. The molecule has 0 saturated heterocycles. The molecular formula is C20H28N6S. The largest absolute Gasteiger partial charge is 0.324 e. The Hall–Kier alpha value is -1.99. The van der Waals surface area contributed by atoms with Gasteiger partial charge in [0.25, 0.3) is 0 Å². The second kappa shape index (κ2) is 6.87. The Labute approximate surface area is 164 Å². The van der Waals surface area contributed by atoms with Crippen LogP contribution in [0, 0.1) is 27.7 Å². The highest BCUT2D eigenvalue weighted by atomic mass is 32.1. The number of hydrogen-bond acceptors (Lipinski definition) is 5. The minimum atomic E-state index is 0.395. The Morgan fingerprint density at radius 2 is 1.85 bits per heavy atom. The first-order valence-electron chi connectivity index (χ1n) is 9.60. The summed E-state index contributed by atoms with van der Waals surface area (Å²) in [5.74, 6) is 1.02. The van der Waals surface area contributed by atoms with E-state index in [0.717, 1.165) is 54.1 Å². The van der Waals surface area contributed by atoms with Crippen LogP contribution in [0.2, 0.25) is 0 Å². The summed E-state index contributed by atoms with van der Waals surface area (Å²) in [5, 5.41) is 7.95. The zero-order valence-corrected chi connectivity index (χ0v) is 17.9. The topological polar surface area (TPSA) is 51.8 Å². The zero-order valence-electron chi connectivity index (χ0n) is 17.1. The molecular weight excluding hydrogens is 356 g/mol. The molecule has 0 fully saturated rings. The third-order valence-electron chi connectivity index (χ3n) is 5.48. The molecule has 0 aromatic carbocycles. The molecule has 0 N–H and O–H groups in total. The fourth-order valence-electron chi connectivity index (χ4n) is 4.03. The van der Waals surface area contributed by atoms with Crippen LogP contribution in [-0.4, -0.2) is 35.8 Å². The van der Waals surface area contributed by atoms with Crippen LogP contribution < -0.4 is 0 Å². The fraction of sp³-hybridized carbons (Fsp3) is 0.550. The second-order valence-corrected chi connectivity index (χ2v) is 8.83. The smallest absolute Gasteiger partial charge is 0.160 e. The van der Waals surface area contributed by atoms with Crippen LogP contribution >= 0.6 is 11.3 Å². The maximum absolute atomic E-state index is 4.84. The lowest BCUT2D eigenvalue weighted by Crippen LogP contribution is -2.33. The highest BCUT2D eigenvalue weighted by Gasteiger charge is 2.25. The number of thiazole rings is 1. The van der Waals surface area contributed by atoms with Crippen molar-refractivity contribution in [3.8, 4) is 11.5 Å². The first-order valence-corrected chi connectivity index (χ1v) is 10.5. The van der Waals surface area contributed by atoms with Crippen molar-refractivity contribution in [1.29, 1.82) is 0 Å². The van der Waals surface area contributed by atoms with E-state index in [0.29, 0.717) is 6.04 Å². The highest BCUT2D eigenvalue weighted by Crippen LogP contribution is 2.28. The van der Waals surface area contributed by atoms with Gasteiger partial charge in [0.15, 0.2) is 5.82 Å². The van der Waals surface area contributed by atoms with Gasteiger partial charge in [0, 0.05) is 48.9 Å². The molecule has 0 aliphatic carbocycles. The normalized spacial score (nSPS) is 14.9. The van der Waals surface area contributed by atoms with Crippen LogP contribution in [-0.2, 0) is 19.6 Å². The van der Waals surface area contributed by atoms with Crippen molar-refractivity contribution in [3.05, 3.63) is 38.7 Å². The van der Waals surface area contributed by atoms with Gasteiger partial charge in [0.05, 0.1) is 22.1 Å². The maximum atomic E-state index is 4.84. The third kappa shape index (κ3) is 3.23. The summed E-state index contributed by atoms with van der Waals surface area (Å²) in [5.41, 5.74) is 7.24. The summed E-state index contributed by atoms with van der Waals surface area (Å²) < 4.78 is 4.50. The van der Waals surface area contributed by atoms with Crippen molar-refractivity contribution in [1.82, 2.24) is 29.2 Å². The minimum absolute atomic E-state index is 0.395. The fourth-order valence-corrected chi connectivity index (χ4v) is 4.62. The molecule has 0 radical (unpaired) electrons. The van der Waals surface area contributed by atoms with Gasteiger partial charge in [-0.05, 0) is 41.5 Å². The van der Waals surface area contributed by atoms with E-state index < -0.39 is 0 Å². The summed E-state index contributed by atoms with van der Waals surface area (Å²) in [6, 6.07) is 0.395. The molecule has 0 spiro atoms. The van der Waals surface area contributed by atoms with Crippen LogP contribution in [0.15, 0.2) is 5.38 Å². The first-order chi connectivity index (χ1) is 12.8. The van der Waals surface area contributed by atoms with Gasteiger partial charge in [-0.2, -0.15) is 5.10 Å². The van der Waals surface area contributed by atoms with Crippen LogP contribution in [0.5, 0.6) is 0 Å². The Morgan fingerprint density at radius 3 is 2.48 bits per heavy atom. The average Bonchev–Trinajstić information content (AvgIpc) is 3.27. The number of hydrogen-bond donors (Lipinski definition) is 0. The molecule has 3 aromatic heterocycles. The number of rotatable bonds is 4. The van der Waals surface area contributed by atoms with E-state index in [4.69, 9.17) is 10.1 Å². The van der Waals surface area contributed by atoms with Gasteiger partial charge < -0.3 is 4.57 Å². The van der Waals surface area contributed by atoms with Gasteiger partial charge in [-0.1, -0.05) is 0 Å². The van der Waals surface area contributed by atoms with Gasteiger partial charge in [0.1, 0.15) is 5.69 Å². The Bertz CT molecular complexity index is 977. The van der Waals surface area contributed by atoms with Gasteiger partial charge in [-0.25, -0.2) is 9.97 Å². The van der Waals surface area contributed by atoms with E-state index in [2.05, 4.69) is 59.1 Å². The predicted octanol–water partition coefficient (Wildman–Crippen LogP) is 4.03. The lowest BCUT2D eigenvalue weighted by Gasteiger charge is -2.29. The quantitative estimate of drug-likeness (QED) is 0.681. The molecule has 0 bridgehead atoms. The van der Waals surface area contributed by atoms with Crippen LogP contribution in [0.4, 0.5) is 0 Å². The van der Waals surface area contributed by atoms with Crippen molar-refractivity contribution < 1.29 is 0 Å². The van der Waals surface area contributed by atoms with Crippen molar-refractivity contribution in [2.24, 2.45) is 0 Å².